The smallest absolute Gasteiger partial charge is 0.411 e. The van der Waals surface area contributed by atoms with Crippen LogP contribution in [0.25, 0.3) is 0 Å². The van der Waals surface area contributed by atoms with Crippen LogP contribution >= 0.6 is 0 Å². The molecule has 1 aliphatic heterocycles. The molecule has 0 unspecified atom stereocenters. The Kier molecular flexibility index (Phi) is 8.11. The molecule has 0 aliphatic carbocycles. The fraction of sp³-hybridized carbons (Fsp3) is 0.619. The van der Waals surface area contributed by atoms with Gasteiger partial charge in [-0.25, -0.2) is 9.59 Å². The van der Waals surface area contributed by atoms with Gasteiger partial charge in [-0.3, -0.25) is 4.90 Å². The summed E-state index contributed by atoms with van der Waals surface area (Å²) in [7, 11) is 1.62. The largest absolute Gasteiger partial charge is 0.445 e. The molecule has 1 fully saturated rings. The number of alkyl carbamates (subject to hydrolysis) is 1. The molecule has 1 aromatic rings. The summed E-state index contributed by atoms with van der Waals surface area (Å²) in [5, 5.41) is 2.81. The fourth-order valence-corrected chi connectivity index (χ4v) is 2.98. The van der Waals surface area contributed by atoms with Crippen LogP contribution in [0.1, 0.15) is 45.6 Å². The number of rotatable bonds is 6. The molecule has 7 heteroatoms. The van der Waals surface area contributed by atoms with Crippen LogP contribution in [0.3, 0.4) is 0 Å². The summed E-state index contributed by atoms with van der Waals surface area (Å²) in [6.07, 6.45) is 0.963. The number of hydrogen-bond acceptors (Lipinski definition) is 5. The minimum absolute atomic E-state index is 0.169. The lowest BCUT2D eigenvalue weighted by molar-refractivity contribution is 0.00643. The van der Waals surface area contributed by atoms with E-state index >= 15 is 0 Å². The Hall–Kier alpha value is -2.28. The predicted octanol–water partition coefficient (Wildman–Crippen LogP) is 3.92. The van der Waals surface area contributed by atoms with Crippen molar-refractivity contribution < 1.29 is 23.8 Å². The fourth-order valence-electron chi connectivity index (χ4n) is 2.98. The second-order valence-corrected chi connectivity index (χ2v) is 8.13. The molecule has 1 saturated heterocycles. The standard InChI is InChI=1S/C21H32N2O5/c1-21(2,3)28-20(25)23(4)18(13-17-11-8-12-26-14-17)22-19(24)27-15-16-9-6-5-7-10-16/h5-7,9-10,17-18H,8,11-15H2,1-4H3,(H,22,24)/t17-,18-/m1/s1. The van der Waals surface area contributed by atoms with E-state index < -0.39 is 24.0 Å². The molecule has 0 saturated carbocycles. The van der Waals surface area contributed by atoms with E-state index in [9.17, 15) is 9.59 Å². The quantitative estimate of drug-likeness (QED) is 0.743. The molecule has 0 spiro atoms. The van der Waals surface area contributed by atoms with Gasteiger partial charge in [-0.2, -0.15) is 0 Å². The van der Waals surface area contributed by atoms with Crippen molar-refractivity contribution in [2.24, 2.45) is 5.92 Å². The summed E-state index contributed by atoms with van der Waals surface area (Å²) < 4.78 is 16.3. The van der Waals surface area contributed by atoms with E-state index in [1.165, 1.54) is 4.90 Å². The molecule has 1 heterocycles. The Balaban J connectivity index is 1.97. The maximum atomic E-state index is 12.5. The molecule has 1 aromatic carbocycles. The summed E-state index contributed by atoms with van der Waals surface area (Å²) in [5.74, 6) is 0.262. The SMILES string of the molecule is CN(C(=O)OC(C)(C)C)[C@H](C[C@H]1CCCOC1)NC(=O)OCc1ccccc1. The molecule has 2 amide bonds. The molecule has 0 aromatic heterocycles. The first-order valence-electron chi connectivity index (χ1n) is 9.75. The molecule has 1 aliphatic rings. The molecule has 7 nitrogen and oxygen atoms in total. The summed E-state index contributed by atoms with van der Waals surface area (Å²) in [6.45, 7) is 6.98. The number of amides is 2. The lowest BCUT2D eigenvalue weighted by atomic mass is 9.96. The maximum Gasteiger partial charge on any atom is 0.411 e. The lowest BCUT2D eigenvalue weighted by Crippen LogP contribution is -2.51. The molecule has 0 radical (unpaired) electrons. The summed E-state index contributed by atoms with van der Waals surface area (Å²) in [5.41, 5.74) is 0.285. The van der Waals surface area contributed by atoms with Crippen molar-refractivity contribution in [1.29, 1.82) is 0 Å². The van der Waals surface area contributed by atoms with E-state index in [-0.39, 0.29) is 12.5 Å². The predicted molar refractivity (Wildman–Crippen MR) is 106 cm³/mol. The Morgan fingerprint density at radius 3 is 2.61 bits per heavy atom. The Morgan fingerprint density at radius 1 is 1.29 bits per heavy atom. The zero-order valence-electron chi connectivity index (χ0n) is 17.3. The average molecular weight is 392 g/mol. The summed E-state index contributed by atoms with van der Waals surface area (Å²) in [4.78, 5) is 26.2. The highest BCUT2D eigenvalue weighted by atomic mass is 16.6. The van der Waals surface area contributed by atoms with Gasteiger partial charge < -0.3 is 19.5 Å². The molecule has 28 heavy (non-hydrogen) atoms. The van der Waals surface area contributed by atoms with Crippen molar-refractivity contribution in [2.45, 2.75) is 58.4 Å². The van der Waals surface area contributed by atoms with Gasteiger partial charge in [-0.15, -0.1) is 0 Å². The van der Waals surface area contributed by atoms with E-state index in [0.29, 0.717) is 13.0 Å². The average Bonchev–Trinajstić information content (AvgIpc) is 2.65. The van der Waals surface area contributed by atoms with Crippen LogP contribution in [-0.4, -0.2) is 49.1 Å². The maximum absolute atomic E-state index is 12.5. The number of hydrogen-bond donors (Lipinski definition) is 1. The van der Waals surface area contributed by atoms with Gasteiger partial charge in [0.05, 0.1) is 0 Å². The van der Waals surface area contributed by atoms with Gasteiger partial charge in [0.15, 0.2) is 0 Å². The van der Waals surface area contributed by atoms with Gasteiger partial charge in [0.2, 0.25) is 0 Å². The Bertz CT molecular complexity index is 623. The molecule has 1 N–H and O–H groups in total. The van der Waals surface area contributed by atoms with E-state index in [2.05, 4.69) is 5.32 Å². The van der Waals surface area contributed by atoms with E-state index in [1.54, 1.807) is 7.05 Å². The zero-order valence-corrected chi connectivity index (χ0v) is 17.3. The highest BCUT2D eigenvalue weighted by Gasteiger charge is 2.29. The third-order valence-corrected chi connectivity index (χ3v) is 4.46. The van der Waals surface area contributed by atoms with Crippen LogP contribution in [-0.2, 0) is 20.8 Å². The monoisotopic (exact) mass is 392 g/mol. The molecular formula is C21H32N2O5. The Morgan fingerprint density at radius 2 is 2.00 bits per heavy atom. The van der Waals surface area contributed by atoms with Crippen LogP contribution in [0.2, 0.25) is 0 Å². The van der Waals surface area contributed by atoms with Gasteiger partial charge in [-0.05, 0) is 51.5 Å². The number of carbonyl (C=O) groups excluding carboxylic acids is 2. The van der Waals surface area contributed by atoms with Crippen molar-refractivity contribution in [3.05, 3.63) is 35.9 Å². The van der Waals surface area contributed by atoms with Crippen LogP contribution in [0.5, 0.6) is 0 Å². The van der Waals surface area contributed by atoms with Crippen molar-refractivity contribution in [2.75, 3.05) is 20.3 Å². The second kappa shape index (κ2) is 10.3. The lowest BCUT2D eigenvalue weighted by Gasteiger charge is -2.34. The number of nitrogens with zero attached hydrogens (tertiary/aromatic N) is 1. The third-order valence-electron chi connectivity index (χ3n) is 4.46. The highest BCUT2D eigenvalue weighted by molar-refractivity contribution is 5.71. The Labute approximate surface area is 167 Å². The summed E-state index contributed by atoms with van der Waals surface area (Å²) >= 11 is 0. The number of ether oxygens (including phenoxy) is 3. The van der Waals surface area contributed by atoms with Crippen molar-refractivity contribution in [1.82, 2.24) is 10.2 Å². The minimum Gasteiger partial charge on any atom is -0.445 e. The van der Waals surface area contributed by atoms with Crippen LogP contribution in [0.4, 0.5) is 9.59 Å². The second-order valence-electron chi connectivity index (χ2n) is 8.13. The van der Waals surface area contributed by atoms with E-state index in [1.807, 2.05) is 51.1 Å². The molecule has 156 valence electrons. The zero-order chi connectivity index (χ0) is 20.6. The molecule has 0 bridgehead atoms. The first-order valence-corrected chi connectivity index (χ1v) is 9.75. The van der Waals surface area contributed by atoms with Crippen LogP contribution in [0, 0.1) is 5.92 Å². The number of carbonyl (C=O) groups is 2. The highest BCUT2D eigenvalue weighted by Crippen LogP contribution is 2.21. The molecular weight excluding hydrogens is 360 g/mol. The number of benzene rings is 1. The molecule has 2 rings (SSSR count). The van der Waals surface area contributed by atoms with Crippen molar-refractivity contribution in [3.63, 3.8) is 0 Å². The normalized spacial score (nSPS) is 18.1. The van der Waals surface area contributed by atoms with Gasteiger partial charge in [-0.1, -0.05) is 30.3 Å². The van der Waals surface area contributed by atoms with Crippen molar-refractivity contribution >= 4 is 12.2 Å². The minimum atomic E-state index is -0.613. The van der Waals surface area contributed by atoms with E-state index in [0.717, 1.165) is 25.0 Å². The topological polar surface area (TPSA) is 77.1 Å². The first-order chi connectivity index (χ1) is 13.2. The third kappa shape index (κ3) is 7.76. The van der Waals surface area contributed by atoms with Crippen molar-refractivity contribution in [3.8, 4) is 0 Å². The van der Waals surface area contributed by atoms with Gasteiger partial charge in [0.25, 0.3) is 0 Å². The van der Waals surface area contributed by atoms with Gasteiger partial charge in [0.1, 0.15) is 18.4 Å². The van der Waals surface area contributed by atoms with E-state index in [4.69, 9.17) is 14.2 Å². The summed E-state index contributed by atoms with van der Waals surface area (Å²) in [6, 6.07) is 9.45. The van der Waals surface area contributed by atoms with Crippen LogP contribution < -0.4 is 5.32 Å². The number of nitrogens with one attached hydrogen (secondary N) is 1. The first kappa shape index (κ1) is 22.0. The van der Waals surface area contributed by atoms with Gasteiger partial charge in [0, 0.05) is 20.3 Å². The van der Waals surface area contributed by atoms with Crippen LogP contribution in [0.15, 0.2) is 30.3 Å². The van der Waals surface area contributed by atoms with Gasteiger partial charge >= 0.3 is 12.2 Å². The molecule has 2 atom stereocenters.